The normalized spacial score (nSPS) is 11.5. The third-order valence-electron chi connectivity index (χ3n) is 3.06. The van der Waals surface area contributed by atoms with Gasteiger partial charge >= 0.3 is 0 Å². The molecule has 0 radical (unpaired) electrons. The molecular weight excluding hydrogens is 288 g/mol. The SMILES string of the molecule is CCCNS(=O)(=O)c1ccc(NCCCCCOC)cc1. The Hall–Kier alpha value is -1.11. The molecule has 1 rings (SSSR count). The van der Waals surface area contributed by atoms with Gasteiger partial charge in [-0.1, -0.05) is 6.92 Å². The Morgan fingerprint density at radius 2 is 1.76 bits per heavy atom. The Morgan fingerprint density at radius 1 is 1.05 bits per heavy atom. The minimum Gasteiger partial charge on any atom is -0.385 e. The summed E-state index contributed by atoms with van der Waals surface area (Å²) in [6.07, 6.45) is 4.04. The molecule has 0 aromatic heterocycles. The second-order valence-corrected chi connectivity index (χ2v) is 6.67. The second-order valence-electron chi connectivity index (χ2n) is 4.90. The van der Waals surface area contributed by atoms with Gasteiger partial charge in [0.2, 0.25) is 10.0 Å². The molecule has 120 valence electrons. The lowest BCUT2D eigenvalue weighted by Crippen LogP contribution is -2.24. The summed E-state index contributed by atoms with van der Waals surface area (Å²) in [4.78, 5) is 0.307. The van der Waals surface area contributed by atoms with E-state index in [1.807, 2.05) is 6.92 Å². The maximum Gasteiger partial charge on any atom is 0.240 e. The van der Waals surface area contributed by atoms with Crippen molar-refractivity contribution < 1.29 is 13.2 Å². The Morgan fingerprint density at radius 3 is 2.38 bits per heavy atom. The fourth-order valence-corrected chi connectivity index (χ4v) is 2.99. The van der Waals surface area contributed by atoms with Crippen LogP contribution >= 0.6 is 0 Å². The van der Waals surface area contributed by atoms with Gasteiger partial charge in [0, 0.05) is 32.5 Å². The molecule has 0 bridgehead atoms. The van der Waals surface area contributed by atoms with Gasteiger partial charge < -0.3 is 10.1 Å². The smallest absolute Gasteiger partial charge is 0.240 e. The van der Waals surface area contributed by atoms with E-state index in [-0.39, 0.29) is 0 Å². The van der Waals surface area contributed by atoms with Crippen molar-refractivity contribution in [2.45, 2.75) is 37.5 Å². The number of anilines is 1. The van der Waals surface area contributed by atoms with Gasteiger partial charge in [-0.05, 0) is 49.9 Å². The summed E-state index contributed by atoms with van der Waals surface area (Å²) in [7, 11) is -1.65. The minimum absolute atomic E-state index is 0.307. The van der Waals surface area contributed by atoms with E-state index in [4.69, 9.17) is 4.74 Å². The third kappa shape index (κ3) is 6.93. The van der Waals surface area contributed by atoms with Crippen LogP contribution in [0, 0.1) is 0 Å². The van der Waals surface area contributed by atoms with Crippen molar-refractivity contribution in [2.75, 3.05) is 32.1 Å². The highest BCUT2D eigenvalue weighted by molar-refractivity contribution is 7.89. The van der Waals surface area contributed by atoms with Gasteiger partial charge in [-0.3, -0.25) is 0 Å². The molecule has 0 aliphatic heterocycles. The first-order valence-electron chi connectivity index (χ1n) is 7.42. The predicted octanol–water partition coefficient (Wildman–Crippen LogP) is 2.60. The maximum atomic E-state index is 11.9. The van der Waals surface area contributed by atoms with Gasteiger partial charge in [0.25, 0.3) is 0 Å². The average molecular weight is 314 g/mol. The van der Waals surface area contributed by atoms with Crippen LogP contribution in [0.25, 0.3) is 0 Å². The van der Waals surface area contributed by atoms with Crippen LogP contribution in [-0.2, 0) is 14.8 Å². The maximum absolute atomic E-state index is 11.9. The Bertz CT molecular complexity index is 486. The van der Waals surface area contributed by atoms with E-state index in [9.17, 15) is 8.42 Å². The number of methoxy groups -OCH3 is 1. The highest BCUT2D eigenvalue weighted by Gasteiger charge is 2.12. The van der Waals surface area contributed by atoms with E-state index in [0.29, 0.717) is 11.4 Å². The summed E-state index contributed by atoms with van der Waals surface area (Å²) in [5.74, 6) is 0. The molecule has 5 nitrogen and oxygen atoms in total. The van der Waals surface area contributed by atoms with Gasteiger partial charge in [0.05, 0.1) is 4.90 Å². The molecule has 0 atom stereocenters. The molecule has 2 N–H and O–H groups in total. The van der Waals surface area contributed by atoms with Crippen molar-refractivity contribution in [2.24, 2.45) is 0 Å². The van der Waals surface area contributed by atoms with Gasteiger partial charge in [-0.25, -0.2) is 13.1 Å². The van der Waals surface area contributed by atoms with Gasteiger partial charge in [0.15, 0.2) is 0 Å². The second kappa shape index (κ2) is 9.76. The lowest BCUT2D eigenvalue weighted by Gasteiger charge is -2.08. The number of sulfonamides is 1. The van der Waals surface area contributed by atoms with Crippen LogP contribution in [0.1, 0.15) is 32.6 Å². The van der Waals surface area contributed by atoms with E-state index in [2.05, 4.69) is 10.0 Å². The average Bonchev–Trinajstić information content (AvgIpc) is 2.49. The van der Waals surface area contributed by atoms with Crippen molar-refractivity contribution in [3.8, 4) is 0 Å². The van der Waals surface area contributed by atoms with E-state index >= 15 is 0 Å². The number of benzene rings is 1. The molecule has 0 saturated heterocycles. The number of hydrogen-bond acceptors (Lipinski definition) is 4. The first kappa shape index (κ1) is 17.9. The molecule has 0 heterocycles. The highest BCUT2D eigenvalue weighted by atomic mass is 32.2. The number of ether oxygens (including phenoxy) is 1. The summed E-state index contributed by atoms with van der Waals surface area (Å²) in [5.41, 5.74) is 0.941. The van der Waals surface area contributed by atoms with E-state index in [0.717, 1.165) is 44.5 Å². The Kier molecular flexibility index (Phi) is 8.34. The van der Waals surface area contributed by atoms with Crippen LogP contribution in [0.5, 0.6) is 0 Å². The molecule has 0 spiro atoms. The Labute approximate surface area is 128 Å². The fourth-order valence-electron chi connectivity index (χ4n) is 1.85. The minimum atomic E-state index is -3.37. The van der Waals surface area contributed by atoms with Crippen molar-refractivity contribution >= 4 is 15.7 Å². The molecular formula is C15H26N2O3S. The van der Waals surface area contributed by atoms with Crippen LogP contribution in [0.4, 0.5) is 5.69 Å². The zero-order chi connectivity index (χ0) is 15.6. The molecule has 0 aliphatic carbocycles. The van der Waals surface area contributed by atoms with E-state index in [1.165, 1.54) is 0 Å². The lowest BCUT2D eigenvalue weighted by molar-refractivity contribution is 0.192. The van der Waals surface area contributed by atoms with Crippen molar-refractivity contribution in [3.63, 3.8) is 0 Å². The molecule has 0 unspecified atom stereocenters. The van der Waals surface area contributed by atoms with Crippen LogP contribution in [0.3, 0.4) is 0 Å². The molecule has 21 heavy (non-hydrogen) atoms. The van der Waals surface area contributed by atoms with Crippen LogP contribution in [-0.4, -0.2) is 35.2 Å². The molecule has 1 aromatic rings. The van der Waals surface area contributed by atoms with Crippen LogP contribution < -0.4 is 10.0 Å². The molecule has 0 amide bonds. The highest BCUT2D eigenvalue weighted by Crippen LogP contribution is 2.14. The fraction of sp³-hybridized carbons (Fsp3) is 0.600. The quantitative estimate of drug-likeness (QED) is 0.616. The number of nitrogens with one attached hydrogen (secondary N) is 2. The number of rotatable bonds is 11. The summed E-state index contributed by atoms with van der Waals surface area (Å²) in [6.45, 7) is 4.08. The molecule has 6 heteroatoms. The van der Waals surface area contributed by atoms with Gasteiger partial charge in [-0.2, -0.15) is 0 Å². The van der Waals surface area contributed by atoms with Gasteiger partial charge in [0.1, 0.15) is 0 Å². The number of hydrogen-bond donors (Lipinski definition) is 2. The Balaban J connectivity index is 2.40. The summed E-state index contributed by atoms with van der Waals surface area (Å²) >= 11 is 0. The number of unbranched alkanes of at least 4 members (excludes halogenated alkanes) is 2. The zero-order valence-electron chi connectivity index (χ0n) is 12.9. The summed E-state index contributed by atoms with van der Waals surface area (Å²) < 4.78 is 31.4. The molecule has 0 aliphatic rings. The van der Waals surface area contributed by atoms with Crippen molar-refractivity contribution in [3.05, 3.63) is 24.3 Å². The van der Waals surface area contributed by atoms with Crippen LogP contribution in [0.15, 0.2) is 29.2 Å². The van der Waals surface area contributed by atoms with Crippen molar-refractivity contribution in [1.29, 1.82) is 0 Å². The first-order valence-corrected chi connectivity index (χ1v) is 8.91. The third-order valence-corrected chi connectivity index (χ3v) is 4.54. The molecule has 1 aromatic carbocycles. The zero-order valence-corrected chi connectivity index (χ0v) is 13.7. The molecule has 0 fully saturated rings. The summed E-state index contributed by atoms with van der Waals surface area (Å²) in [5, 5.41) is 3.29. The van der Waals surface area contributed by atoms with Crippen molar-refractivity contribution in [1.82, 2.24) is 4.72 Å². The summed E-state index contributed by atoms with van der Waals surface area (Å²) in [6, 6.07) is 6.86. The first-order chi connectivity index (χ1) is 10.1. The lowest BCUT2D eigenvalue weighted by atomic mass is 10.2. The largest absolute Gasteiger partial charge is 0.385 e. The predicted molar refractivity (Wildman–Crippen MR) is 86.1 cm³/mol. The van der Waals surface area contributed by atoms with Gasteiger partial charge in [-0.15, -0.1) is 0 Å². The standard InChI is InChI=1S/C15H26N2O3S/c1-3-11-17-21(18,19)15-9-7-14(8-10-15)16-12-5-4-6-13-20-2/h7-10,16-17H,3-6,11-13H2,1-2H3. The van der Waals surface area contributed by atoms with E-state index < -0.39 is 10.0 Å². The topological polar surface area (TPSA) is 67.4 Å². The van der Waals surface area contributed by atoms with E-state index in [1.54, 1.807) is 31.4 Å². The molecule has 0 saturated carbocycles. The monoisotopic (exact) mass is 314 g/mol. The van der Waals surface area contributed by atoms with Crippen LogP contribution in [0.2, 0.25) is 0 Å².